The second-order valence-electron chi connectivity index (χ2n) is 3.96. The van der Waals surface area contributed by atoms with E-state index in [-0.39, 0.29) is 17.1 Å². The smallest absolute Gasteiger partial charge is 0.310 e. The van der Waals surface area contributed by atoms with Gasteiger partial charge in [0.05, 0.1) is 11.5 Å². The van der Waals surface area contributed by atoms with Crippen molar-refractivity contribution in [3.8, 4) is 0 Å². The Labute approximate surface area is 116 Å². The van der Waals surface area contributed by atoms with Crippen LogP contribution in [-0.4, -0.2) is 46.7 Å². The van der Waals surface area contributed by atoms with Crippen LogP contribution in [0.15, 0.2) is 23.1 Å². The molecule has 8 nitrogen and oxygen atoms in total. The maximum Gasteiger partial charge on any atom is 0.310 e. The molecule has 0 aliphatic rings. The third kappa shape index (κ3) is 3.89. The van der Waals surface area contributed by atoms with Crippen LogP contribution in [0.25, 0.3) is 0 Å². The first-order valence-electron chi connectivity index (χ1n) is 5.58. The molecule has 1 aromatic carbocycles. The molecule has 112 valence electrons. The van der Waals surface area contributed by atoms with Gasteiger partial charge in [0.15, 0.2) is 16.1 Å². The van der Waals surface area contributed by atoms with E-state index < -0.39 is 26.7 Å². The number of hydrogen-bond acceptors (Lipinski definition) is 7. The topological polar surface area (TPSA) is 108 Å². The van der Waals surface area contributed by atoms with E-state index in [1.807, 2.05) is 0 Å². The molecule has 9 heteroatoms. The van der Waals surface area contributed by atoms with E-state index in [9.17, 15) is 18.5 Å². The fourth-order valence-electron chi connectivity index (χ4n) is 1.61. The van der Waals surface area contributed by atoms with E-state index in [2.05, 4.69) is 5.32 Å². The van der Waals surface area contributed by atoms with Crippen LogP contribution in [0.3, 0.4) is 0 Å². The van der Waals surface area contributed by atoms with E-state index in [0.717, 1.165) is 6.26 Å². The molecule has 0 saturated heterocycles. The summed E-state index contributed by atoms with van der Waals surface area (Å²) in [5.41, 5.74) is -0.391. The van der Waals surface area contributed by atoms with Crippen molar-refractivity contribution in [2.45, 2.75) is 11.2 Å². The van der Waals surface area contributed by atoms with Crippen LogP contribution in [0.2, 0.25) is 0 Å². The molecule has 20 heavy (non-hydrogen) atoms. The third-order valence-electron chi connectivity index (χ3n) is 2.57. The number of ether oxygens (including phenoxy) is 2. The summed E-state index contributed by atoms with van der Waals surface area (Å²) in [6, 6.07) is 4.05. The Kier molecular flexibility index (Phi) is 5.43. The molecule has 1 aromatic rings. The molecule has 0 aromatic heterocycles. The standard InChI is InChI=1S/C11H16N2O6S/c1-18-10(19-2)7-12-8-5-4-6-9(20(3,16)17)11(8)13(14)15/h4-6,10,12H,7H2,1-3H3. The van der Waals surface area contributed by atoms with Crippen molar-refractivity contribution in [2.75, 3.05) is 32.3 Å². The SMILES string of the molecule is COC(CNc1cccc(S(C)(=O)=O)c1[N+](=O)[O-])OC. The fourth-order valence-corrected chi connectivity index (χ4v) is 2.47. The van der Waals surface area contributed by atoms with Gasteiger partial charge in [0.1, 0.15) is 10.6 Å². The zero-order chi connectivity index (χ0) is 15.3. The number of nitro groups is 1. The van der Waals surface area contributed by atoms with Gasteiger partial charge in [-0.2, -0.15) is 0 Å². The van der Waals surface area contributed by atoms with Crippen molar-refractivity contribution < 1.29 is 22.8 Å². The predicted molar refractivity (Wildman–Crippen MR) is 72.5 cm³/mol. The van der Waals surface area contributed by atoms with Gasteiger partial charge in [0, 0.05) is 20.5 Å². The summed E-state index contributed by atoms with van der Waals surface area (Å²) in [5.74, 6) is 0. The quantitative estimate of drug-likeness (QED) is 0.455. The predicted octanol–water partition coefficient (Wildman–Crippen LogP) is 1.03. The Bertz CT molecular complexity index is 583. The summed E-state index contributed by atoms with van der Waals surface area (Å²) >= 11 is 0. The molecular weight excluding hydrogens is 288 g/mol. The maximum atomic E-state index is 11.6. The molecule has 0 spiro atoms. The number of nitrogens with one attached hydrogen (secondary N) is 1. The average Bonchev–Trinajstić information content (AvgIpc) is 2.38. The highest BCUT2D eigenvalue weighted by atomic mass is 32.2. The van der Waals surface area contributed by atoms with Crippen molar-refractivity contribution in [3.63, 3.8) is 0 Å². The van der Waals surface area contributed by atoms with Gasteiger partial charge in [-0.3, -0.25) is 10.1 Å². The number of benzene rings is 1. The Balaban J connectivity index is 3.17. The highest BCUT2D eigenvalue weighted by molar-refractivity contribution is 7.90. The van der Waals surface area contributed by atoms with Gasteiger partial charge in [-0.05, 0) is 12.1 Å². The highest BCUT2D eigenvalue weighted by Crippen LogP contribution is 2.31. The van der Waals surface area contributed by atoms with Crippen molar-refractivity contribution in [1.82, 2.24) is 0 Å². The molecule has 1 N–H and O–H groups in total. The van der Waals surface area contributed by atoms with Crippen LogP contribution >= 0.6 is 0 Å². The fraction of sp³-hybridized carbons (Fsp3) is 0.455. The minimum absolute atomic E-state index is 0.0945. The summed E-state index contributed by atoms with van der Waals surface area (Å²) < 4.78 is 33.1. The molecule has 0 fully saturated rings. The molecule has 0 aliphatic carbocycles. The number of rotatable bonds is 7. The monoisotopic (exact) mass is 304 g/mol. The molecule has 0 atom stereocenters. The largest absolute Gasteiger partial charge is 0.374 e. The van der Waals surface area contributed by atoms with Crippen LogP contribution in [0, 0.1) is 10.1 Å². The summed E-state index contributed by atoms with van der Waals surface area (Å²) in [6.45, 7) is 0.140. The second-order valence-corrected chi connectivity index (χ2v) is 5.95. The van der Waals surface area contributed by atoms with Gasteiger partial charge in [0.2, 0.25) is 0 Å². The Morgan fingerprint density at radius 2 is 1.95 bits per heavy atom. The number of anilines is 1. The van der Waals surface area contributed by atoms with E-state index in [1.165, 1.54) is 32.4 Å². The van der Waals surface area contributed by atoms with E-state index in [1.54, 1.807) is 0 Å². The third-order valence-corrected chi connectivity index (χ3v) is 3.69. The van der Waals surface area contributed by atoms with Crippen LogP contribution in [0.5, 0.6) is 0 Å². The summed E-state index contributed by atoms with van der Waals surface area (Å²) in [4.78, 5) is 10.0. The van der Waals surface area contributed by atoms with Gasteiger partial charge >= 0.3 is 5.69 Å². The zero-order valence-corrected chi connectivity index (χ0v) is 12.1. The van der Waals surface area contributed by atoms with Crippen molar-refractivity contribution in [1.29, 1.82) is 0 Å². The number of nitrogens with zero attached hydrogens (tertiary/aromatic N) is 1. The Hall–Kier alpha value is -1.71. The minimum Gasteiger partial charge on any atom is -0.374 e. The van der Waals surface area contributed by atoms with Gasteiger partial charge < -0.3 is 14.8 Å². The van der Waals surface area contributed by atoms with Gasteiger partial charge in [-0.1, -0.05) is 6.07 Å². The van der Waals surface area contributed by atoms with Gasteiger partial charge in [0.25, 0.3) is 0 Å². The molecule has 0 saturated carbocycles. The molecule has 0 bridgehead atoms. The van der Waals surface area contributed by atoms with Gasteiger partial charge in [-0.25, -0.2) is 8.42 Å². The molecular formula is C11H16N2O6S. The lowest BCUT2D eigenvalue weighted by atomic mass is 10.2. The first-order valence-corrected chi connectivity index (χ1v) is 7.47. The van der Waals surface area contributed by atoms with Crippen LogP contribution < -0.4 is 5.32 Å². The summed E-state index contributed by atoms with van der Waals surface area (Å²) in [7, 11) is -0.839. The molecule has 0 unspecified atom stereocenters. The lowest BCUT2D eigenvalue weighted by Crippen LogP contribution is -2.24. The first kappa shape index (κ1) is 16.3. The Morgan fingerprint density at radius 1 is 1.35 bits per heavy atom. The van der Waals surface area contributed by atoms with Crippen molar-refractivity contribution in [2.24, 2.45) is 0 Å². The van der Waals surface area contributed by atoms with Crippen molar-refractivity contribution in [3.05, 3.63) is 28.3 Å². The van der Waals surface area contributed by atoms with Crippen LogP contribution in [-0.2, 0) is 19.3 Å². The number of para-hydroxylation sites is 1. The maximum absolute atomic E-state index is 11.6. The highest BCUT2D eigenvalue weighted by Gasteiger charge is 2.26. The number of methoxy groups -OCH3 is 2. The van der Waals surface area contributed by atoms with Crippen molar-refractivity contribution >= 4 is 21.2 Å². The van der Waals surface area contributed by atoms with Crippen LogP contribution in [0.4, 0.5) is 11.4 Å². The summed E-state index contributed by atoms with van der Waals surface area (Å²) in [5, 5.41) is 13.9. The molecule has 1 rings (SSSR count). The number of sulfone groups is 1. The molecule has 0 aliphatic heterocycles. The number of nitro benzene ring substituents is 1. The van der Waals surface area contributed by atoms with E-state index >= 15 is 0 Å². The van der Waals surface area contributed by atoms with Crippen LogP contribution in [0.1, 0.15) is 0 Å². The van der Waals surface area contributed by atoms with Gasteiger partial charge in [-0.15, -0.1) is 0 Å². The number of hydrogen-bond donors (Lipinski definition) is 1. The summed E-state index contributed by atoms with van der Waals surface area (Å²) in [6.07, 6.45) is 0.322. The minimum atomic E-state index is -3.69. The van der Waals surface area contributed by atoms with E-state index in [4.69, 9.17) is 9.47 Å². The normalized spacial score (nSPS) is 11.6. The lowest BCUT2D eigenvalue weighted by Gasteiger charge is -2.15. The average molecular weight is 304 g/mol. The first-order chi connectivity index (χ1) is 9.31. The lowest BCUT2D eigenvalue weighted by molar-refractivity contribution is -0.386. The van der Waals surface area contributed by atoms with E-state index in [0.29, 0.717) is 0 Å². The second kappa shape index (κ2) is 6.64. The molecule has 0 radical (unpaired) electrons. The Morgan fingerprint density at radius 3 is 2.40 bits per heavy atom. The zero-order valence-electron chi connectivity index (χ0n) is 11.3. The molecule has 0 amide bonds. The molecule has 0 heterocycles.